The molecule has 0 radical (unpaired) electrons. The number of nitrogens with zero attached hydrogens (tertiary/aromatic N) is 1. The number of carbonyl (C=O) groups excluding carboxylic acids is 2. The highest BCUT2D eigenvalue weighted by molar-refractivity contribution is 6.30. The van der Waals surface area contributed by atoms with E-state index >= 15 is 0 Å². The zero-order valence-corrected chi connectivity index (χ0v) is 19.2. The first-order chi connectivity index (χ1) is 16.0. The van der Waals surface area contributed by atoms with Gasteiger partial charge < -0.3 is 20.7 Å². The summed E-state index contributed by atoms with van der Waals surface area (Å²) < 4.78 is 5.70. The lowest BCUT2D eigenvalue weighted by Crippen LogP contribution is -2.39. The molecule has 1 saturated heterocycles. The van der Waals surface area contributed by atoms with Crippen LogP contribution in [-0.2, 0) is 16.0 Å². The van der Waals surface area contributed by atoms with Crippen molar-refractivity contribution >= 4 is 35.2 Å². The molecular formula is C26H28ClN3O3. The molecule has 0 aromatic heterocycles. The molecule has 2 amide bonds. The van der Waals surface area contributed by atoms with Gasteiger partial charge in [0.15, 0.2) is 0 Å². The molecule has 2 aromatic rings. The standard InChI is InChI=1S/C26H28ClN3O3/c27-22-4-7-24-21(16-22)15-19(17-33-24)3-8-25(31)29-23-5-1-18(2-6-23)9-12-30-13-10-20(11-14-30)26(28)32/h1-8,15-16,20H,9-14,17H2,(H2,28,32)(H,29,31)/b8-3+. The maximum atomic E-state index is 12.3. The van der Waals surface area contributed by atoms with Crippen molar-refractivity contribution < 1.29 is 14.3 Å². The SMILES string of the molecule is NC(=O)C1CCN(CCc2ccc(NC(=O)/C=C/C3=Cc4cc(Cl)ccc4OC3)cc2)CC1. The first-order valence-corrected chi connectivity index (χ1v) is 11.6. The molecule has 6 nitrogen and oxygen atoms in total. The fourth-order valence-electron chi connectivity index (χ4n) is 4.11. The summed E-state index contributed by atoms with van der Waals surface area (Å²) in [5.74, 6) is 0.435. The highest BCUT2D eigenvalue weighted by Gasteiger charge is 2.22. The third-order valence-corrected chi connectivity index (χ3v) is 6.32. The number of hydrogen-bond acceptors (Lipinski definition) is 4. The highest BCUT2D eigenvalue weighted by Crippen LogP contribution is 2.29. The predicted molar refractivity (Wildman–Crippen MR) is 131 cm³/mol. The summed E-state index contributed by atoms with van der Waals surface area (Å²) in [6, 6.07) is 13.4. The van der Waals surface area contributed by atoms with Crippen LogP contribution in [0.1, 0.15) is 24.0 Å². The molecule has 2 aromatic carbocycles. The third kappa shape index (κ3) is 6.46. The molecule has 0 unspecified atom stereocenters. The number of ether oxygens (including phenoxy) is 1. The van der Waals surface area contributed by atoms with Gasteiger partial charge in [-0.2, -0.15) is 0 Å². The van der Waals surface area contributed by atoms with Crippen molar-refractivity contribution in [3.8, 4) is 5.75 Å². The van der Waals surface area contributed by atoms with Gasteiger partial charge in [-0.05, 0) is 79.9 Å². The van der Waals surface area contributed by atoms with Crippen molar-refractivity contribution in [2.24, 2.45) is 11.7 Å². The van der Waals surface area contributed by atoms with Crippen molar-refractivity contribution in [1.82, 2.24) is 4.90 Å². The Morgan fingerprint density at radius 1 is 1.15 bits per heavy atom. The minimum atomic E-state index is -0.196. The van der Waals surface area contributed by atoms with Crippen molar-refractivity contribution in [3.63, 3.8) is 0 Å². The number of fused-ring (bicyclic) bond motifs is 1. The maximum Gasteiger partial charge on any atom is 0.248 e. The van der Waals surface area contributed by atoms with Crippen LogP contribution in [0.2, 0.25) is 5.02 Å². The van der Waals surface area contributed by atoms with Gasteiger partial charge in [-0.3, -0.25) is 9.59 Å². The first kappa shape index (κ1) is 23.1. The van der Waals surface area contributed by atoms with Gasteiger partial charge in [0.25, 0.3) is 0 Å². The van der Waals surface area contributed by atoms with Crippen LogP contribution in [0, 0.1) is 5.92 Å². The van der Waals surface area contributed by atoms with Gasteiger partial charge in [-0.25, -0.2) is 0 Å². The van der Waals surface area contributed by atoms with Crippen molar-refractivity contribution in [1.29, 1.82) is 0 Å². The molecule has 1 fully saturated rings. The number of amides is 2. The number of nitrogens with two attached hydrogens (primary N) is 1. The Labute approximate surface area is 199 Å². The Balaban J connectivity index is 1.24. The highest BCUT2D eigenvalue weighted by atomic mass is 35.5. The lowest BCUT2D eigenvalue weighted by molar-refractivity contribution is -0.123. The summed E-state index contributed by atoms with van der Waals surface area (Å²) in [5.41, 5.74) is 9.17. The zero-order valence-electron chi connectivity index (χ0n) is 18.4. The van der Waals surface area contributed by atoms with Gasteiger partial charge >= 0.3 is 0 Å². The molecule has 0 saturated carbocycles. The molecular weight excluding hydrogens is 438 g/mol. The normalized spacial score (nSPS) is 16.7. The largest absolute Gasteiger partial charge is 0.488 e. The van der Waals surface area contributed by atoms with Gasteiger partial charge in [0, 0.05) is 34.8 Å². The molecule has 2 aliphatic heterocycles. The summed E-state index contributed by atoms with van der Waals surface area (Å²) in [5, 5.41) is 3.53. The number of primary amides is 1. The second-order valence-corrected chi connectivity index (χ2v) is 8.91. The Hall–Kier alpha value is -3.09. The van der Waals surface area contributed by atoms with Crippen molar-refractivity contribution in [2.45, 2.75) is 19.3 Å². The number of halogens is 1. The van der Waals surface area contributed by atoms with Gasteiger partial charge in [-0.15, -0.1) is 0 Å². The lowest BCUT2D eigenvalue weighted by atomic mass is 9.96. The van der Waals surface area contributed by atoms with E-state index in [4.69, 9.17) is 22.1 Å². The van der Waals surface area contributed by atoms with Crippen LogP contribution in [0.25, 0.3) is 6.08 Å². The number of carbonyl (C=O) groups is 2. The summed E-state index contributed by atoms with van der Waals surface area (Å²) in [7, 11) is 0. The lowest BCUT2D eigenvalue weighted by Gasteiger charge is -2.30. The quantitative estimate of drug-likeness (QED) is 0.604. The zero-order chi connectivity index (χ0) is 23.2. The molecule has 0 aliphatic carbocycles. The van der Waals surface area contributed by atoms with Crippen LogP contribution in [0.5, 0.6) is 5.75 Å². The van der Waals surface area contributed by atoms with Crippen LogP contribution >= 0.6 is 11.6 Å². The van der Waals surface area contributed by atoms with E-state index in [9.17, 15) is 9.59 Å². The van der Waals surface area contributed by atoms with Gasteiger partial charge in [-0.1, -0.05) is 29.8 Å². The molecule has 33 heavy (non-hydrogen) atoms. The number of benzene rings is 2. The molecule has 7 heteroatoms. The Bertz CT molecular complexity index is 1070. The average Bonchev–Trinajstić information content (AvgIpc) is 2.82. The van der Waals surface area contributed by atoms with Crippen LogP contribution in [0.3, 0.4) is 0 Å². The van der Waals surface area contributed by atoms with E-state index in [0.717, 1.165) is 61.5 Å². The molecule has 3 N–H and O–H groups in total. The van der Waals surface area contributed by atoms with E-state index in [-0.39, 0.29) is 17.7 Å². The molecule has 2 heterocycles. The average molecular weight is 466 g/mol. The number of nitrogens with one attached hydrogen (secondary N) is 1. The van der Waals surface area contributed by atoms with Crippen LogP contribution in [-0.4, -0.2) is 43.0 Å². The van der Waals surface area contributed by atoms with E-state index in [1.54, 1.807) is 12.1 Å². The number of hydrogen-bond donors (Lipinski definition) is 2. The van der Waals surface area contributed by atoms with Crippen molar-refractivity contribution in [2.75, 3.05) is 31.6 Å². The van der Waals surface area contributed by atoms with E-state index in [1.165, 1.54) is 11.6 Å². The van der Waals surface area contributed by atoms with E-state index in [2.05, 4.69) is 10.2 Å². The molecule has 172 valence electrons. The number of rotatable bonds is 7. The van der Waals surface area contributed by atoms with Gasteiger partial charge in [0.2, 0.25) is 11.8 Å². The summed E-state index contributed by atoms with van der Waals surface area (Å²) in [6.07, 6.45) is 7.85. The van der Waals surface area contributed by atoms with E-state index < -0.39 is 0 Å². The molecule has 0 atom stereocenters. The minimum absolute atomic E-state index is 0.0226. The monoisotopic (exact) mass is 465 g/mol. The number of anilines is 1. The topological polar surface area (TPSA) is 84.7 Å². The van der Waals surface area contributed by atoms with Crippen molar-refractivity contribution in [3.05, 3.63) is 76.3 Å². The molecule has 0 spiro atoms. The number of piperidine rings is 1. The fraction of sp³-hybridized carbons (Fsp3) is 0.308. The van der Waals surface area contributed by atoms with Gasteiger partial charge in [0.05, 0.1) is 0 Å². The van der Waals surface area contributed by atoms with E-state index in [0.29, 0.717) is 11.6 Å². The predicted octanol–water partition coefficient (Wildman–Crippen LogP) is 4.05. The van der Waals surface area contributed by atoms with Crippen LogP contribution < -0.4 is 15.8 Å². The maximum absolute atomic E-state index is 12.3. The third-order valence-electron chi connectivity index (χ3n) is 6.08. The smallest absolute Gasteiger partial charge is 0.248 e. The summed E-state index contributed by atoms with van der Waals surface area (Å²) >= 11 is 6.04. The Morgan fingerprint density at radius 3 is 2.64 bits per heavy atom. The van der Waals surface area contributed by atoms with E-state index in [1.807, 2.05) is 42.5 Å². The molecule has 4 rings (SSSR count). The fourth-order valence-corrected chi connectivity index (χ4v) is 4.29. The Morgan fingerprint density at radius 2 is 1.91 bits per heavy atom. The second kappa shape index (κ2) is 10.7. The van der Waals surface area contributed by atoms with Crippen LogP contribution in [0.15, 0.2) is 60.2 Å². The Kier molecular flexibility index (Phi) is 7.47. The summed E-state index contributed by atoms with van der Waals surface area (Å²) in [6.45, 7) is 3.18. The van der Waals surface area contributed by atoms with Gasteiger partial charge in [0.1, 0.15) is 12.4 Å². The molecule has 0 bridgehead atoms. The number of likely N-dealkylation sites (tertiary alicyclic amines) is 1. The minimum Gasteiger partial charge on any atom is -0.488 e. The molecule has 2 aliphatic rings. The van der Waals surface area contributed by atoms with Crippen LogP contribution in [0.4, 0.5) is 5.69 Å². The summed E-state index contributed by atoms with van der Waals surface area (Å²) in [4.78, 5) is 26.0. The first-order valence-electron chi connectivity index (χ1n) is 11.2. The second-order valence-electron chi connectivity index (χ2n) is 8.48.